The van der Waals surface area contributed by atoms with E-state index in [2.05, 4.69) is 15.5 Å². The number of methoxy groups -OCH3 is 4. The molecule has 6 rings (SSSR count). The Morgan fingerprint density at radius 3 is 2.02 bits per heavy atom. The predicted molar refractivity (Wildman–Crippen MR) is 190 cm³/mol. The Morgan fingerprint density at radius 2 is 1.40 bits per heavy atom. The molecular weight excluding hydrogens is 657 g/mol. The lowest BCUT2D eigenvalue weighted by Gasteiger charge is -2.22. The van der Waals surface area contributed by atoms with Gasteiger partial charge in [-0.15, -0.1) is 10.2 Å². The minimum absolute atomic E-state index is 0.0486. The summed E-state index contributed by atoms with van der Waals surface area (Å²) in [6.45, 7) is 0.0793. The number of hydrogen-bond acceptors (Lipinski definition) is 10. The van der Waals surface area contributed by atoms with Crippen LogP contribution in [-0.2, 0) is 11.3 Å². The fourth-order valence-electron chi connectivity index (χ4n) is 5.52. The van der Waals surface area contributed by atoms with Crippen LogP contribution in [0.15, 0.2) is 107 Å². The first-order valence-corrected chi connectivity index (χ1v) is 16.7. The van der Waals surface area contributed by atoms with Crippen molar-refractivity contribution in [3.8, 4) is 28.7 Å². The second-order valence-corrected chi connectivity index (χ2v) is 12.1. The number of carbonyl (C=O) groups is 2. The predicted octanol–water partition coefficient (Wildman–Crippen LogP) is 5.70. The number of hydrazone groups is 1. The Labute approximate surface area is 294 Å². The molecule has 2 amide bonds. The molecule has 1 atom stereocenters. The number of ether oxygens (including phenoxy) is 4. The van der Waals surface area contributed by atoms with Crippen molar-refractivity contribution in [2.45, 2.75) is 24.2 Å². The average Bonchev–Trinajstić information content (AvgIpc) is 3.81. The van der Waals surface area contributed by atoms with Crippen molar-refractivity contribution in [2.75, 3.05) is 34.2 Å². The minimum atomic E-state index is -0.335. The fourth-order valence-corrected chi connectivity index (χ4v) is 6.34. The maximum absolute atomic E-state index is 14.0. The zero-order valence-electron chi connectivity index (χ0n) is 28.0. The summed E-state index contributed by atoms with van der Waals surface area (Å²) in [5, 5.41) is 18.6. The summed E-state index contributed by atoms with van der Waals surface area (Å²) in [5.74, 6) is 2.48. The van der Waals surface area contributed by atoms with Gasteiger partial charge in [-0.2, -0.15) is 5.10 Å². The SMILES string of the molecule is COc1ccc(C2=NN(C(=O)CSc3nnc(CNC(=O)c4cc(OC)cc(OC)c4)n3-c3ccccc3)[C@H](c3ccc(OC)cc3)C2)cc1. The molecule has 2 heterocycles. The molecule has 0 spiro atoms. The van der Waals surface area contributed by atoms with Gasteiger partial charge in [-0.3, -0.25) is 14.2 Å². The Balaban J connectivity index is 1.23. The van der Waals surface area contributed by atoms with Crippen LogP contribution < -0.4 is 24.3 Å². The van der Waals surface area contributed by atoms with Crippen molar-refractivity contribution in [3.05, 3.63) is 120 Å². The largest absolute Gasteiger partial charge is 0.497 e. The molecule has 0 bridgehead atoms. The van der Waals surface area contributed by atoms with E-state index in [4.69, 9.17) is 24.0 Å². The zero-order valence-corrected chi connectivity index (χ0v) is 28.8. The maximum Gasteiger partial charge on any atom is 0.253 e. The molecule has 13 heteroatoms. The highest BCUT2D eigenvalue weighted by atomic mass is 32.2. The van der Waals surface area contributed by atoms with Gasteiger partial charge < -0.3 is 24.3 Å². The molecule has 0 unspecified atom stereocenters. The van der Waals surface area contributed by atoms with Gasteiger partial charge in [0.15, 0.2) is 11.0 Å². The lowest BCUT2D eigenvalue weighted by atomic mass is 9.98. The number of nitrogens with one attached hydrogen (secondary N) is 1. The summed E-state index contributed by atoms with van der Waals surface area (Å²) in [6, 6.07) is 29.5. The van der Waals surface area contributed by atoms with Crippen LogP contribution in [0.2, 0.25) is 0 Å². The van der Waals surface area contributed by atoms with E-state index in [1.165, 1.54) is 26.0 Å². The molecule has 0 saturated heterocycles. The summed E-state index contributed by atoms with van der Waals surface area (Å²) in [7, 11) is 6.29. The van der Waals surface area contributed by atoms with Crippen molar-refractivity contribution in [2.24, 2.45) is 5.10 Å². The molecule has 1 N–H and O–H groups in total. The second kappa shape index (κ2) is 15.6. The molecule has 0 fully saturated rings. The van der Waals surface area contributed by atoms with Crippen LogP contribution in [0.4, 0.5) is 0 Å². The van der Waals surface area contributed by atoms with Crippen LogP contribution in [0.1, 0.15) is 39.8 Å². The van der Waals surface area contributed by atoms with Gasteiger partial charge in [-0.05, 0) is 71.8 Å². The molecule has 1 aliphatic heterocycles. The number of hydrogen-bond donors (Lipinski definition) is 1. The number of rotatable bonds is 13. The van der Waals surface area contributed by atoms with Crippen LogP contribution in [0.25, 0.3) is 5.69 Å². The summed E-state index contributed by atoms with van der Waals surface area (Å²) in [4.78, 5) is 27.1. The molecule has 1 aliphatic rings. The van der Waals surface area contributed by atoms with Crippen LogP contribution in [0, 0.1) is 0 Å². The normalized spacial score (nSPS) is 13.8. The number of carbonyl (C=O) groups excluding carboxylic acids is 2. The number of nitrogens with zero attached hydrogens (tertiary/aromatic N) is 5. The third-order valence-electron chi connectivity index (χ3n) is 8.15. The number of thioether (sulfide) groups is 1. The van der Waals surface area contributed by atoms with Crippen LogP contribution in [-0.4, -0.2) is 71.5 Å². The summed E-state index contributed by atoms with van der Waals surface area (Å²) < 4.78 is 23.1. The van der Waals surface area contributed by atoms with Gasteiger partial charge in [0, 0.05) is 23.7 Å². The highest BCUT2D eigenvalue weighted by Crippen LogP contribution is 2.35. The maximum atomic E-state index is 14.0. The standard InChI is InChI=1S/C37H36N6O6S/c1-46-28-14-10-24(11-15-28)32-21-33(25-12-16-29(47-2)17-13-25)43(41-32)35(44)23-50-37-40-39-34(42(37)27-8-6-5-7-9-27)22-38-36(45)26-18-30(48-3)20-31(19-26)49-4/h5-20,33H,21-23H2,1-4H3,(H,38,45)/t33-/m0/s1. The summed E-state index contributed by atoms with van der Waals surface area (Å²) in [5.41, 5.74) is 3.81. The Kier molecular flexibility index (Phi) is 10.6. The first-order valence-electron chi connectivity index (χ1n) is 15.7. The lowest BCUT2D eigenvalue weighted by Crippen LogP contribution is -2.28. The minimum Gasteiger partial charge on any atom is -0.497 e. The van der Waals surface area contributed by atoms with Gasteiger partial charge >= 0.3 is 0 Å². The number of para-hydroxylation sites is 1. The van der Waals surface area contributed by atoms with E-state index < -0.39 is 0 Å². The lowest BCUT2D eigenvalue weighted by molar-refractivity contribution is -0.130. The first kappa shape index (κ1) is 34.1. The molecule has 50 heavy (non-hydrogen) atoms. The average molecular weight is 693 g/mol. The number of aromatic nitrogens is 3. The van der Waals surface area contributed by atoms with Gasteiger partial charge in [-0.1, -0.05) is 42.1 Å². The zero-order chi connectivity index (χ0) is 35.0. The number of benzene rings is 4. The molecule has 4 aromatic carbocycles. The Bertz CT molecular complexity index is 1960. The molecule has 0 saturated carbocycles. The van der Waals surface area contributed by atoms with Crippen LogP contribution in [0.3, 0.4) is 0 Å². The first-order chi connectivity index (χ1) is 24.4. The molecular formula is C37H36N6O6S. The van der Waals surface area contributed by atoms with E-state index in [0.29, 0.717) is 34.5 Å². The summed E-state index contributed by atoms with van der Waals surface area (Å²) >= 11 is 1.25. The molecule has 1 aromatic heterocycles. The van der Waals surface area contributed by atoms with E-state index in [1.807, 2.05) is 83.4 Å². The molecule has 5 aromatic rings. The molecule has 0 radical (unpaired) electrons. The Hall–Kier alpha value is -5.82. The quantitative estimate of drug-likeness (QED) is 0.155. The topological polar surface area (TPSA) is 129 Å². The van der Waals surface area contributed by atoms with Crippen molar-refractivity contribution >= 4 is 29.3 Å². The Morgan fingerprint density at radius 1 is 0.780 bits per heavy atom. The van der Waals surface area contributed by atoms with Gasteiger partial charge in [0.2, 0.25) is 0 Å². The monoisotopic (exact) mass is 692 g/mol. The van der Waals surface area contributed by atoms with Crippen molar-refractivity contribution in [1.82, 2.24) is 25.1 Å². The van der Waals surface area contributed by atoms with E-state index >= 15 is 0 Å². The number of amides is 2. The van der Waals surface area contributed by atoms with Crippen molar-refractivity contribution < 1.29 is 28.5 Å². The van der Waals surface area contributed by atoms with Gasteiger partial charge in [0.25, 0.3) is 11.8 Å². The van der Waals surface area contributed by atoms with E-state index in [0.717, 1.165) is 34.0 Å². The van der Waals surface area contributed by atoms with E-state index in [9.17, 15) is 9.59 Å². The highest BCUT2D eigenvalue weighted by Gasteiger charge is 2.33. The van der Waals surface area contributed by atoms with Gasteiger partial charge in [0.1, 0.15) is 23.0 Å². The highest BCUT2D eigenvalue weighted by molar-refractivity contribution is 7.99. The van der Waals surface area contributed by atoms with Crippen LogP contribution in [0.5, 0.6) is 23.0 Å². The smallest absolute Gasteiger partial charge is 0.253 e. The fraction of sp³-hybridized carbons (Fsp3) is 0.216. The molecule has 256 valence electrons. The van der Waals surface area contributed by atoms with Gasteiger partial charge in [0.05, 0.1) is 52.5 Å². The molecule has 0 aliphatic carbocycles. The summed E-state index contributed by atoms with van der Waals surface area (Å²) in [6.07, 6.45) is 0.540. The van der Waals surface area contributed by atoms with Crippen molar-refractivity contribution in [3.63, 3.8) is 0 Å². The third-order valence-corrected chi connectivity index (χ3v) is 9.06. The third kappa shape index (κ3) is 7.57. The van der Waals surface area contributed by atoms with Crippen LogP contribution >= 0.6 is 11.8 Å². The van der Waals surface area contributed by atoms with E-state index in [-0.39, 0.29) is 30.2 Å². The van der Waals surface area contributed by atoms with Gasteiger partial charge in [-0.25, -0.2) is 5.01 Å². The second-order valence-electron chi connectivity index (χ2n) is 11.1. The van der Waals surface area contributed by atoms with E-state index in [1.54, 1.807) is 37.4 Å². The van der Waals surface area contributed by atoms with Crippen molar-refractivity contribution in [1.29, 1.82) is 0 Å². The molecule has 12 nitrogen and oxygen atoms in total.